The SMILES string of the molecule is CNC1CCCN(S(=O)(=O)c2cccc(C(N)=O)c2)C1. The second-order valence-electron chi connectivity index (χ2n) is 4.88. The molecule has 1 aromatic rings. The minimum Gasteiger partial charge on any atom is -0.366 e. The molecule has 0 aromatic heterocycles. The fraction of sp³-hybridized carbons (Fsp3) is 0.462. The van der Waals surface area contributed by atoms with E-state index in [-0.39, 0.29) is 16.5 Å². The molecular formula is C13H19N3O3S. The van der Waals surface area contributed by atoms with Crippen molar-refractivity contribution in [3.05, 3.63) is 29.8 Å². The summed E-state index contributed by atoms with van der Waals surface area (Å²) in [6.07, 6.45) is 1.78. The first-order valence-corrected chi connectivity index (χ1v) is 7.96. The zero-order chi connectivity index (χ0) is 14.8. The predicted octanol–water partition coefficient (Wildman–Crippen LogP) is 0.158. The van der Waals surface area contributed by atoms with Gasteiger partial charge in [0, 0.05) is 24.7 Å². The molecule has 1 aliphatic heterocycles. The van der Waals surface area contributed by atoms with Gasteiger partial charge in [0.05, 0.1) is 4.90 Å². The summed E-state index contributed by atoms with van der Waals surface area (Å²) in [5.41, 5.74) is 5.39. The van der Waals surface area contributed by atoms with Crippen molar-refractivity contribution in [2.45, 2.75) is 23.8 Å². The average Bonchev–Trinajstić information content (AvgIpc) is 2.47. The van der Waals surface area contributed by atoms with Gasteiger partial charge in [0.15, 0.2) is 0 Å². The van der Waals surface area contributed by atoms with E-state index in [0.717, 1.165) is 12.8 Å². The molecule has 110 valence electrons. The number of carbonyl (C=O) groups is 1. The molecule has 0 saturated carbocycles. The lowest BCUT2D eigenvalue weighted by Gasteiger charge is -2.31. The van der Waals surface area contributed by atoms with E-state index in [4.69, 9.17) is 5.73 Å². The van der Waals surface area contributed by atoms with Crippen LogP contribution in [-0.4, -0.2) is 44.8 Å². The highest BCUT2D eigenvalue weighted by Crippen LogP contribution is 2.21. The van der Waals surface area contributed by atoms with Crippen LogP contribution >= 0.6 is 0 Å². The van der Waals surface area contributed by atoms with Crippen LogP contribution in [-0.2, 0) is 10.0 Å². The smallest absolute Gasteiger partial charge is 0.248 e. The van der Waals surface area contributed by atoms with Gasteiger partial charge in [-0.2, -0.15) is 4.31 Å². The highest BCUT2D eigenvalue weighted by atomic mass is 32.2. The lowest BCUT2D eigenvalue weighted by molar-refractivity contribution is 0.1000. The van der Waals surface area contributed by atoms with Crippen LogP contribution in [0.25, 0.3) is 0 Å². The van der Waals surface area contributed by atoms with Gasteiger partial charge >= 0.3 is 0 Å². The van der Waals surface area contributed by atoms with E-state index in [1.54, 1.807) is 0 Å². The topological polar surface area (TPSA) is 92.5 Å². The molecule has 3 N–H and O–H groups in total. The van der Waals surface area contributed by atoms with Crippen LogP contribution < -0.4 is 11.1 Å². The second kappa shape index (κ2) is 5.90. The second-order valence-corrected chi connectivity index (χ2v) is 6.82. The van der Waals surface area contributed by atoms with Crippen LogP contribution in [0.2, 0.25) is 0 Å². The van der Waals surface area contributed by atoms with E-state index in [1.807, 2.05) is 7.05 Å². The number of piperidine rings is 1. The third kappa shape index (κ3) is 3.00. The van der Waals surface area contributed by atoms with E-state index < -0.39 is 15.9 Å². The number of sulfonamides is 1. The monoisotopic (exact) mass is 297 g/mol. The Balaban J connectivity index is 2.30. The van der Waals surface area contributed by atoms with Crippen molar-refractivity contribution in [3.63, 3.8) is 0 Å². The van der Waals surface area contributed by atoms with Gasteiger partial charge in [-0.3, -0.25) is 4.79 Å². The molecule has 1 heterocycles. The Morgan fingerprint density at radius 1 is 1.45 bits per heavy atom. The number of nitrogens with zero attached hydrogens (tertiary/aromatic N) is 1. The van der Waals surface area contributed by atoms with Gasteiger partial charge in [-0.05, 0) is 38.1 Å². The average molecular weight is 297 g/mol. The minimum absolute atomic E-state index is 0.116. The molecule has 0 bridgehead atoms. The molecule has 1 atom stereocenters. The van der Waals surface area contributed by atoms with Crippen molar-refractivity contribution < 1.29 is 13.2 Å². The van der Waals surface area contributed by atoms with Crippen LogP contribution in [0.1, 0.15) is 23.2 Å². The van der Waals surface area contributed by atoms with E-state index in [0.29, 0.717) is 13.1 Å². The fourth-order valence-electron chi connectivity index (χ4n) is 2.36. The Kier molecular flexibility index (Phi) is 4.42. The van der Waals surface area contributed by atoms with Crippen LogP contribution in [0.15, 0.2) is 29.2 Å². The first-order valence-electron chi connectivity index (χ1n) is 6.52. The van der Waals surface area contributed by atoms with Crippen molar-refractivity contribution in [3.8, 4) is 0 Å². The molecule has 2 rings (SSSR count). The first kappa shape index (κ1) is 15.0. The number of likely N-dealkylation sites (N-methyl/N-ethyl adjacent to an activating group) is 1. The summed E-state index contributed by atoms with van der Waals surface area (Å²) >= 11 is 0. The van der Waals surface area contributed by atoms with Crippen molar-refractivity contribution >= 4 is 15.9 Å². The van der Waals surface area contributed by atoms with Gasteiger partial charge in [0.2, 0.25) is 15.9 Å². The van der Waals surface area contributed by atoms with Gasteiger partial charge in [-0.25, -0.2) is 8.42 Å². The molecule has 1 unspecified atom stereocenters. The molecule has 20 heavy (non-hydrogen) atoms. The van der Waals surface area contributed by atoms with Crippen LogP contribution in [0.5, 0.6) is 0 Å². The molecule has 1 amide bonds. The number of amides is 1. The summed E-state index contributed by atoms with van der Waals surface area (Å²) in [5, 5.41) is 3.11. The molecule has 0 aliphatic carbocycles. The van der Waals surface area contributed by atoms with E-state index >= 15 is 0 Å². The standard InChI is InChI=1S/C13H19N3O3S/c1-15-11-5-3-7-16(9-11)20(18,19)12-6-2-4-10(8-12)13(14)17/h2,4,6,8,11,15H,3,5,7,9H2,1H3,(H2,14,17). The fourth-order valence-corrected chi connectivity index (χ4v) is 3.93. The molecule has 1 aromatic carbocycles. The summed E-state index contributed by atoms with van der Waals surface area (Å²) in [4.78, 5) is 11.3. The number of rotatable bonds is 4. The molecule has 7 heteroatoms. The van der Waals surface area contributed by atoms with E-state index in [2.05, 4.69) is 5.32 Å². The number of primary amides is 1. The molecular weight excluding hydrogens is 278 g/mol. The Bertz CT molecular complexity index is 601. The Hall–Kier alpha value is -1.44. The summed E-state index contributed by atoms with van der Waals surface area (Å²) in [6, 6.07) is 6.03. The number of benzene rings is 1. The largest absolute Gasteiger partial charge is 0.366 e. The molecule has 6 nitrogen and oxygen atoms in total. The lowest BCUT2D eigenvalue weighted by Crippen LogP contribution is -2.46. The van der Waals surface area contributed by atoms with E-state index in [1.165, 1.54) is 28.6 Å². The highest BCUT2D eigenvalue weighted by molar-refractivity contribution is 7.89. The molecule has 0 radical (unpaired) electrons. The maximum absolute atomic E-state index is 12.6. The summed E-state index contributed by atoms with van der Waals surface area (Å²) in [6.45, 7) is 0.945. The van der Waals surface area contributed by atoms with Gasteiger partial charge in [-0.15, -0.1) is 0 Å². The van der Waals surface area contributed by atoms with Crippen molar-refractivity contribution in [1.29, 1.82) is 0 Å². The van der Waals surface area contributed by atoms with Gasteiger partial charge in [-0.1, -0.05) is 6.07 Å². The normalized spacial score (nSPS) is 20.8. The van der Waals surface area contributed by atoms with Crippen LogP contribution in [0.4, 0.5) is 0 Å². The van der Waals surface area contributed by atoms with Crippen LogP contribution in [0.3, 0.4) is 0 Å². The summed E-state index contributed by atoms with van der Waals surface area (Å²) < 4.78 is 26.6. The van der Waals surface area contributed by atoms with Crippen molar-refractivity contribution in [2.75, 3.05) is 20.1 Å². The number of nitrogens with two attached hydrogens (primary N) is 1. The molecule has 1 aliphatic rings. The maximum atomic E-state index is 12.6. The lowest BCUT2D eigenvalue weighted by atomic mass is 10.1. The summed E-state index contributed by atoms with van der Waals surface area (Å²) in [7, 11) is -1.75. The predicted molar refractivity (Wildman–Crippen MR) is 75.8 cm³/mol. The third-order valence-electron chi connectivity index (χ3n) is 3.55. The van der Waals surface area contributed by atoms with Gasteiger partial charge in [0.25, 0.3) is 0 Å². The number of hydrogen-bond donors (Lipinski definition) is 2. The Labute approximate surface area is 119 Å². The van der Waals surface area contributed by atoms with Crippen molar-refractivity contribution in [1.82, 2.24) is 9.62 Å². The number of carbonyl (C=O) groups excluding carboxylic acids is 1. The third-order valence-corrected chi connectivity index (χ3v) is 5.41. The zero-order valence-corrected chi connectivity index (χ0v) is 12.2. The highest BCUT2D eigenvalue weighted by Gasteiger charge is 2.29. The summed E-state index contributed by atoms with van der Waals surface area (Å²) in [5.74, 6) is -0.631. The maximum Gasteiger partial charge on any atom is 0.248 e. The first-order chi connectivity index (χ1) is 9.45. The van der Waals surface area contributed by atoms with Gasteiger partial charge in [0.1, 0.15) is 0 Å². The van der Waals surface area contributed by atoms with Crippen LogP contribution in [0, 0.1) is 0 Å². The number of hydrogen-bond acceptors (Lipinski definition) is 4. The van der Waals surface area contributed by atoms with E-state index in [9.17, 15) is 13.2 Å². The molecule has 0 spiro atoms. The Morgan fingerprint density at radius 2 is 2.20 bits per heavy atom. The van der Waals surface area contributed by atoms with Crippen molar-refractivity contribution in [2.24, 2.45) is 5.73 Å². The zero-order valence-electron chi connectivity index (χ0n) is 11.4. The number of nitrogens with one attached hydrogen (secondary N) is 1. The Morgan fingerprint density at radius 3 is 2.85 bits per heavy atom. The minimum atomic E-state index is -3.58. The van der Waals surface area contributed by atoms with Gasteiger partial charge < -0.3 is 11.1 Å². The molecule has 1 saturated heterocycles. The molecule has 1 fully saturated rings. The quantitative estimate of drug-likeness (QED) is 0.828.